The van der Waals surface area contributed by atoms with Crippen LogP contribution in [-0.2, 0) is 0 Å². The van der Waals surface area contributed by atoms with Crippen LogP contribution in [0.1, 0.15) is 26.3 Å². The zero-order valence-electron chi connectivity index (χ0n) is 18.9. The quantitative estimate of drug-likeness (QED) is 0.320. The summed E-state index contributed by atoms with van der Waals surface area (Å²) in [6.45, 7) is 3.16. The van der Waals surface area contributed by atoms with Crippen molar-refractivity contribution in [3.05, 3.63) is 95.2 Å². The van der Waals surface area contributed by atoms with Crippen LogP contribution in [0.2, 0.25) is 0 Å². The normalized spacial score (nSPS) is 13.6. The van der Waals surface area contributed by atoms with E-state index in [2.05, 4.69) is 20.2 Å². The molecule has 0 saturated carbocycles. The van der Waals surface area contributed by atoms with Crippen LogP contribution in [0.3, 0.4) is 0 Å². The maximum absolute atomic E-state index is 15.4. The molecule has 182 valence electrons. The Morgan fingerprint density at radius 2 is 1.69 bits per heavy atom. The van der Waals surface area contributed by atoms with Gasteiger partial charge in [0, 0.05) is 49.1 Å². The molecule has 1 N–H and O–H groups in total. The molecule has 1 aliphatic rings. The molecular weight excluding hydrogens is 488 g/mol. The molecule has 0 radical (unpaired) electrons. The molecule has 1 fully saturated rings. The molecular formula is C26H20ClF2N5O2. The molecule has 5 rings (SSSR count). The Bertz CT molecular complexity index is 1460. The van der Waals surface area contributed by atoms with Gasteiger partial charge in [-0.15, -0.1) is 0 Å². The number of anilines is 2. The highest BCUT2D eigenvalue weighted by atomic mass is 35.5. The third-order valence-corrected chi connectivity index (χ3v) is 6.28. The first-order valence-corrected chi connectivity index (χ1v) is 11.6. The van der Waals surface area contributed by atoms with Crippen molar-refractivity contribution in [2.75, 3.05) is 35.5 Å². The van der Waals surface area contributed by atoms with Gasteiger partial charge in [0.05, 0.1) is 28.5 Å². The van der Waals surface area contributed by atoms with Gasteiger partial charge in [-0.05, 0) is 42.5 Å². The van der Waals surface area contributed by atoms with E-state index in [1.54, 1.807) is 30.5 Å². The summed E-state index contributed by atoms with van der Waals surface area (Å²) in [7, 11) is 0. The second kappa shape index (κ2) is 9.96. The van der Waals surface area contributed by atoms with Gasteiger partial charge >= 0.3 is 0 Å². The SMILES string of the molecule is O=C(c1ccc2ncc(N3CCNCC3)nc2c1)c1c(F)ccc(N(Cl)C(=O)c2ccccc2)c1F. The number of piperazine rings is 1. The van der Waals surface area contributed by atoms with Crippen LogP contribution in [0.25, 0.3) is 11.0 Å². The van der Waals surface area contributed by atoms with E-state index in [-0.39, 0.29) is 11.1 Å². The molecule has 7 nitrogen and oxygen atoms in total. The predicted molar refractivity (Wildman–Crippen MR) is 134 cm³/mol. The molecule has 0 aliphatic carbocycles. The number of benzene rings is 3. The fraction of sp³-hybridized carbons (Fsp3) is 0.154. The number of carbonyl (C=O) groups excluding carboxylic acids is 2. The summed E-state index contributed by atoms with van der Waals surface area (Å²) in [5, 5.41) is 3.26. The summed E-state index contributed by atoms with van der Waals surface area (Å²) in [5.74, 6) is -3.27. The molecule has 4 aromatic rings. The molecule has 1 saturated heterocycles. The van der Waals surface area contributed by atoms with E-state index in [1.807, 2.05) is 0 Å². The van der Waals surface area contributed by atoms with E-state index in [0.717, 1.165) is 38.3 Å². The minimum absolute atomic E-state index is 0.0275. The Labute approximate surface area is 210 Å². The third kappa shape index (κ3) is 4.50. The maximum atomic E-state index is 15.4. The molecule has 2 heterocycles. The molecule has 1 aromatic heterocycles. The average Bonchev–Trinajstić information content (AvgIpc) is 2.92. The minimum Gasteiger partial charge on any atom is -0.353 e. The largest absolute Gasteiger partial charge is 0.353 e. The number of hydrogen-bond donors (Lipinski definition) is 1. The van der Waals surface area contributed by atoms with Crippen molar-refractivity contribution in [3.63, 3.8) is 0 Å². The minimum atomic E-state index is -1.24. The van der Waals surface area contributed by atoms with Crippen molar-refractivity contribution >= 4 is 46.0 Å². The summed E-state index contributed by atoms with van der Waals surface area (Å²) < 4.78 is 30.7. The molecule has 10 heteroatoms. The molecule has 0 spiro atoms. The molecule has 1 amide bonds. The number of fused-ring (bicyclic) bond motifs is 1. The Balaban J connectivity index is 1.49. The van der Waals surface area contributed by atoms with E-state index < -0.39 is 34.6 Å². The van der Waals surface area contributed by atoms with Gasteiger partial charge in [-0.1, -0.05) is 18.2 Å². The summed E-state index contributed by atoms with van der Waals surface area (Å²) in [4.78, 5) is 37.0. The van der Waals surface area contributed by atoms with Gasteiger partial charge < -0.3 is 10.2 Å². The van der Waals surface area contributed by atoms with Crippen LogP contribution in [-0.4, -0.2) is 47.8 Å². The fourth-order valence-corrected chi connectivity index (χ4v) is 4.27. The predicted octanol–water partition coefficient (Wildman–Crippen LogP) is 4.35. The summed E-state index contributed by atoms with van der Waals surface area (Å²) in [5.41, 5.74) is -0.0498. The van der Waals surface area contributed by atoms with Crippen LogP contribution in [0.15, 0.2) is 66.9 Å². The van der Waals surface area contributed by atoms with Gasteiger partial charge in [0.25, 0.3) is 5.91 Å². The lowest BCUT2D eigenvalue weighted by Gasteiger charge is -2.28. The van der Waals surface area contributed by atoms with Crippen LogP contribution in [0, 0.1) is 11.6 Å². The van der Waals surface area contributed by atoms with Gasteiger partial charge in [0.15, 0.2) is 11.6 Å². The molecule has 0 unspecified atom stereocenters. The van der Waals surface area contributed by atoms with E-state index >= 15 is 4.39 Å². The van der Waals surface area contributed by atoms with E-state index in [0.29, 0.717) is 21.3 Å². The monoisotopic (exact) mass is 507 g/mol. The topological polar surface area (TPSA) is 78.4 Å². The number of aromatic nitrogens is 2. The van der Waals surface area contributed by atoms with Gasteiger partial charge in [-0.3, -0.25) is 14.6 Å². The standard InChI is InChI=1S/C26H20ClF2N5O2/c27-34(26(36)16-4-2-1-3-5-16)21-9-7-18(28)23(24(21)29)25(35)17-6-8-19-20(14-17)32-22(15-31-19)33-12-10-30-11-13-33/h1-9,14-15,30H,10-13H2. The van der Waals surface area contributed by atoms with Gasteiger partial charge in [0.2, 0.25) is 0 Å². The van der Waals surface area contributed by atoms with Gasteiger partial charge in [-0.2, -0.15) is 0 Å². The van der Waals surface area contributed by atoms with Crippen molar-refractivity contribution in [1.82, 2.24) is 15.3 Å². The van der Waals surface area contributed by atoms with Crippen molar-refractivity contribution in [1.29, 1.82) is 0 Å². The Kier molecular flexibility index (Phi) is 6.58. The van der Waals surface area contributed by atoms with Crippen LogP contribution in [0.4, 0.5) is 20.3 Å². The van der Waals surface area contributed by atoms with Gasteiger partial charge in [-0.25, -0.2) is 18.2 Å². The first-order valence-electron chi connectivity index (χ1n) is 11.2. The van der Waals surface area contributed by atoms with E-state index in [1.165, 1.54) is 24.3 Å². The lowest BCUT2D eigenvalue weighted by molar-refractivity contribution is 0.0999. The number of nitrogens with one attached hydrogen (secondary N) is 1. The van der Waals surface area contributed by atoms with Crippen LogP contribution in [0.5, 0.6) is 0 Å². The lowest BCUT2D eigenvalue weighted by atomic mass is 10.0. The fourth-order valence-electron chi connectivity index (χ4n) is 4.04. The van der Waals surface area contributed by atoms with Gasteiger partial charge in [0.1, 0.15) is 11.6 Å². The smallest absolute Gasteiger partial charge is 0.273 e. The average molecular weight is 508 g/mol. The number of nitrogens with zero attached hydrogens (tertiary/aromatic N) is 4. The zero-order valence-corrected chi connectivity index (χ0v) is 19.7. The van der Waals surface area contributed by atoms with Crippen molar-refractivity contribution in [2.45, 2.75) is 0 Å². The third-order valence-electron chi connectivity index (χ3n) is 5.94. The second-order valence-corrected chi connectivity index (χ2v) is 8.54. The number of halogens is 3. The highest BCUT2D eigenvalue weighted by Crippen LogP contribution is 2.30. The number of ketones is 1. The summed E-state index contributed by atoms with van der Waals surface area (Å²) in [6, 6.07) is 14.4. The highest BCUT2D eigenvalue weighted by molar-refractivity contribution is 6.39. The van der Waals surface area contributed by atoms with Crippen molar-refractivity contribution in [3.8, 4) is 0 Å². The van der Waals surface area contributed by atoms with E-state index in [4.69, 9.17) is 11.8 Å². The summed E-state index contributed by atoms with van der Waals surface area (Å²) >= 11 is 6.12. The molecule has 0 atom stereocenters. The van der Waals surface area contributed by atoms with Crippen LogP contribution >= 0.6 is 11.8 Å². The number of amides is 1. The number of carbonyl (C=O) groups is 2. The second-order valence-electron chi connectivity index (χ2n) is 8.21. The van der Waals surface area contributed by atoms with E-state index in [9.17, 15) is 14.0 Å². The lowest BCUT2D eigenvalue weighted by Crippen LogP contribution is -2.43. The Morgan fingerprint density at radius 1 is 0.944 bits per heavy atom. The molecule has 3 aromatic carbocycles. The van der Waals surface area contributed by atoms with Crippen LogP contribution < -0.4 is 14.6 Å². The highest BCUT2D eigenvalue weighted by Gasteiger charge is 2.27. The number of hydrogen-bond acceptors (Lipinski definition) is 6. The Hall–Kier alpha value is -3.95. The molecule has 36 heavy (non-hydrogen) atoms. The number of rotatable bonds is 5. The Morgan fingerprint density at radius 3 is 2.44 bits per heavy atom. The van der Waals surface area contributed by atoms with Crippen molar-refractivity contribution in [2.24, 2.45) is 0 Å². The molecule has 0 bridgehead atoms. The zero-order chi connectivity index (χ0) is 25.2. The first-order chi connectivity index (χ1) is 17.4. The first kappa shape index (κ1) is 23.8. The molecule has 1 aliphatic heterocycles. The van der Waals surface area contributed by atoms with Crippen molar-refractivity contribution < 1.29 is 18.4 Å². The maximum Gasteiger partial charge on any atom is 0.273 e. The summed E-state index contributed by atoms with van der Waals surface area (Å²) in [6.07, 6.45) is 1.66.